The zero-order valence-electron chi connectivity index (χ0n) is 11.9. The smallest absolute Gasteiger partial charge is 0.150 e. The van der Waals surface area contributed by atoms with Gasteiger partial charge in [-0.2, -0.15) is 0 Å². The number of nitrogen functional groups attached to an aromatic ring is 1. The van der Waals surface area contributed by atoms with Crippen LogP contribution in [0.2, 0.25) is 0 Å². The van der Waals surface area contributed by atoms with Crippen LogP contribution in [0, 0.1) is 0 Å². The number of aldehydes is 1. The molecule has 0 radical (unpaired) electrons. The largest absolute Gasteiger partial charge is 0.457 e. The highest BCUT2D eigenvalue weighted by Gasteiger charge is 2.02. The average Bonchev–Trinajstić information content (AvgIpc) is 2.56. The van der Waals surface area contributed by atoms with Gasteiger partial charge in [-0.05, 0) is 59.7 Å². The van der Waals surface area contributed by atoms with Crippen LogP contribution in [-0.4, -0.2) is 6.29 Å². The van der Waals surface area contributed by atoms with E-state index in [-0.39, 0.29) is 0 Å². The number of carbonyl (C=O) groups is 1. The van der Waals surface area contributed by atoms with Crippen LogP contribution in [0.3, 0.4) is 0 Å². The molecule has 0 atom stereocenters. The van der Waals surface area contributed by atoms with Crippen molar-refractivity contribution in [3.8, 4) is 22.6 Å². The molecule has 0 aliphatic rings. The number of rotatable bonds is 4. The van der Waals surface area contributed by atoms with Crippen molar-refractivity contribution in [3.63, 3.8) is 0 Å². The van der Waals surface area contributed by atoms with Crippen molar-refractivity contribution in [2.75, 3.05) is 5.73 Å². The van der Waals surface area contributed by atoms with Crippen LogP contribution >= 0.6 is 0 Å². The van der Waals surface area contributed by atoms with Crippen molar-refractivity contribution in [2.45, 2.75) is 0 Å². The molecule has 22 heavy (non-hydrogen) atoms. The van der Waals surface area contributed by atoms with Crippen molar-refractivity contribution in [1.82, 2.24) is 0 Å². The summed E-state index contributed by atoms with van der Waals surface area (Å²) in [7, 11) is 0. The van der Waals surface area contributed by atoms with E-state index in [9.17, 15) is 4.79 Å². The molecule has 3 heteroatoms. The molecule has 2 N–H and O–H groups in total. The van der Waals surface area contributed by atoms with Gasteiger partial charge >= 0.3 is 0 Å². The third-order valence-corrected chi connectivity index (χ3v) is 3.33. The molecule has 0 amide bonds. The summed E-state index contributed by atoms with van der Waals surface area (Å²) < 4.78 is 5.82. The summed E-state index contributed by atoms with van der Waals surface area (Å²) in [5, 5.41) is 0. The van der Waals surface area contributed by atoms with Crippen LogP contribution in [0.5, 0.6) is 11.5 Å². The lowest BCUT2D eigenvalue weighted by Crippen LogP contribution is -1.87. The van der Waals surface area contributed by atoms with Gasteiger partial charge in [0.15, 0.2) is 0 Å². The maximum absolute atomic E-state index is 10.7. The maximum atomic E-state index is 10.7. The molecule has 0 heterocycles. The molecule has 0 spiro atoms. The molecule has 3 aromatic carbocycles. The van der Waals surface area contributed by atoms with Crippen LogP contribution in [0.1, 0.15) is 10.4 Å². The Bertz CT molecular complexity index is 777. The molecule has 0 unspecified atom stereocenters. The molecule has 3 rings (SSSR count). The van der Waals surface area contributed by atoms with Crippen LogP contribution < -0.4 is 10.5 Å². The monoisotopic (exact) mass is 289 g/mol. The van der Waals surface area contributed by atoms with Crippen molar-refractivity contribution < 1.29 is 9.53 Å². The zero-order valence-corrected chi connectivity index (χ0v) is 11.9. The van der Waals surface area contributed by atoms with E-state index in [0.717, 1.165) is 28.8 Å². The number of nitrogens with two attached hydrogens (primary N) is 1. The third kappa shape index (κ3) is 3.15. The molecular formula is C19H15NO2. The molecule has 0 aliphatic carbocycles. The maximum Gasteiger partial charge on any atom is 0.150 e. The fourth-order valence-corrected chi connectivity index (χ4v) is 2.17. The lowest BCUT2D eigenvalue weighted by molar-refractivity contribution is 0.112. The molecule has 3 nitrogen and oxygen atoms in total. The Hall–Kier alpha value is -3.07. The van der Waals surface area contributed by atoms with Crippen LogP contribution in [0.4, 0.5) is 5.69 Å². The molecule has 0 saturated heterocycles. The normalized spacial score (nSPS) is 10.2. The number of anilines is 1. The second-order valence-corrected chi connectivity index (χ2v) is 4.94. The highest BCUT2D eigenvalue weighted by molar-refractivity contribution is 5.74. The van der Waals surface area contributed by atoms with Gasteiger partial charge in [-0.25, -0.2) is 0 Å². The van der Waals surface area contributed by atoms with Gasteiger partial charge in [-0.1, -0.05) is 24.3 Å². The highest BCUT2D eigenvalue weighted by atomic mass is 16.5. The number of carbonyl (C=O) groups excluding carboxylic acids is 1. The summed E-state index contributed by atoms with van der Waals surface area (Å²) in [6.07, 6.45) is 0.811. The predicted octanol–water partition coefficient (Wildman–Crippen LogP) is 4.54. The van der Waals surface area contributed by atoms with Gasteiger partial charge in [0.2, 0.25) is 0 Å². The quantitative estimate of drug-likeness (QED) is 0.566. The molecule has 0 bridgehead atoms. The van der Waals surface area contributed by atoms with E-state index in [1.54, 1.807) is 24.3 Å². The van der Waals surface area contributed by atoms with Gasteiger partial charge in [0.05, 0.1) is 0 Å². The molecule has 0 aromatic heterocycles. The SMILES string of the molecule is Nc1ccc(-c2cccc(Oc3ccc(C=O)cc3)c2)cc1. The topological polar surface area (TPSA) is 52.3 Å². The molecular weight excluding hydrogens is 274 g/mol. The second kappa shape index (κ2) is 6.14. The van der Waals surface area contributed by atoms with E-state index in [4.69, 9.17) is 10.5 Å². The van der Waals surface area contributed by atoms with Gasteiger partial charge in [0.25, 0.3) is 0 Å². The minimum Gasteiger partial charge on any atom is -0.457 e. The van der Waals surface area contributed by atoms with Gasteiger partial charge in [-0.3, -0.25) is 4.79 Å². The zero-order chi connectivity index (χ0) is 15.4. The van der Waals surface area contributed by atoms with Crippen molar-refractivity contribution >= 4 is 12.0 Å². The minimum atomic E-state index is 0.628. The van der Waals surface area contributed by atoms with E-state index < -0.39 is 0 Å². The number of hydrogen-bond acceptors (Lipinski definition) is 3. The van der Waals surface area contributed by atoms with Gasteiger partial charge in [0.1, 0.15) is 17.8 Å². The van der Waals surface area contributed by atoms with Crippen molar-refractivity contribution in [3.05, 3.63) is 78.4 Å². The van der Waals surface area contributed by atoms with E-state index in [0.29, 0.717) is 11.3 Å². The molecule has 0 saturated carbocycles. The third-order valence-electron chi connectivity index (χ3n) is 3.33. The Kier molecular flexibility index (Phi) is 3.88. The number of hydrogen-bond donors (Lipinski definition) is 1. The van der Waals surface area contributed by atoms with Crippen molar-refractivity contribution in [1.29, 1.82) is 0 Å². The first-order valence-corrected chi connectivity index (χ1v) is 6.94. The predicted molar refractivity (Wildman–Crippen MR) is 88.2 cm³/mol. The van der Waals surface area contributed by atoms with Crippen molar-refractivity contribution in [2.24, 2.45) is 0 Å². The van der Waals surface area contributed by atoms with E-state index in [1.807, 2.05) is 48.5 Å². The molecule has 108 valence electrons. The van der Waals surface area contributed by atoms with Gasteiger partial charge in [0, 0.05) is 11.3 Å². The summed E-state index contributed by atoms with van der Waals surface area (Å²) >= 11 is 0. The Morgan fingerprint density at radius 2 is 1.50 bits per heavy atom. The van der Waals surface area contributed by atoms with Gasteiger partial charge in [-0.15, -0.1) is 0 Å². The Morgan fingerprint density at radius 1 is 0.773 bits per heavy atom. The molecule has 3 aromatic rings. The first-order valence-electron chi connectivity index (χ1n) is 6.94. The standard InChI is InChI=1S/C19H15NO2/c20-17-8-6-15(7-9-17)16-2-1-3-19(12-16)22-18-10-4-14(13-21)5-11-18/h1-13H,20H2. The number of ether oxygens (including phenoxy) is 1. The summed E-state index contributed by atoms with van der Waals surface area (Å²) in [4.78, 5) is 10.7. The lowest BCUT2D eigenvalue weighted by Gasteiger charge is -2.08. The Balaban J connectivity index is 1.84. The fraction of sp³-hybridized carbons (Fsp3) is 0. The fourth-order valence-electron chi connectivity index (χ4n) is 2.17. The van der Waals surface area contributed by atoms with E-state index in [2.05, 4.69) is 0 Å². The summed E-state index contributed by atoms with van der Waals surface area (Å²) in [6.45, 7) is 0. The minimum absolute atomic E-state index is 0.628. The average molecular weight is 289 g/mol. The number of benzene rings is 3. The molecule has 0 aliphatic heterocycles. The first-order chi connectivity index (χ1) is 10.7. The van der Waals surface area contributed by atoms with E-state index in [1.165, 1.54) is 0 Å². The van der Waals surface area contributed by atoms with Crippen LogP contribution in [-0.2, 0) is 0 Å². The lowest BCUT2D eigenvalue weighted by atomic mass is 10.1. The summed E-state index contributed by atoms with van der Waals surface area (Å²) in [6, 6.07) is 22.6. The Morgan fingerprint density at radius 3 is 2.18 bits per heavy atom. The first kappa shape index (κ1) is 13.9. The highest BCUT2D eigenvalue weighted by Crippen LogP contribution is 2.27. The summed E-state index contributed by atoms with van der Waals surface area (Å²) in [5.41, 5.74) is 9.22. The summed E-state index contributed by atoms with van der Waals surface area (Å²) in [5.74, 6) is 1.44. The van der Waals surface area contributed by atoms with Crippen LogP contribution in [0.25, 0.3) is 11.1 Å². The van der Waals surface area contributed by atoms with E-state index >= 15 is 0 Å². The second-order valence-electron chi connectivity index (χ2n) is 4.94. The van der Waals surface area contributed by atoms with Crippen LogP contribution in [0.15, 0.2) is 72.8 Å². The molecule has 0 fully saturated rings. The van der Waals surface area contributed by atoms with Gasteiger partial charge < -0.3 is 10.5 Å². The Labute approximate surface area is 129 Å².